The van der Waals surface area contributed by atoms with Crippen LogP contribution in [0.3, 0.4) is 0 Å². The van der Waals surface area contributed by atoms with E-state index in [0.29, 0.717) is 106 Å². The van der Waals surface area contributed by atoms with Crippen LogP contribution in [0.5, 0.6) is 0 Å². The zero-order chi connectivity index (χ0) is 45.0. The first kappa shape index (κ1) is 48.3. The molecule has 3 aromatic carbocycles. The van der Waals surface area contributed by atoms with Crippen molar-refractivity contribution in [2.45, 2.75) is 64.5 Å². The lowest BCUT2D eigenvalue weighted by Gasteiger charge is -2.26. The zero-order valence-corrected chi connectivity index (χ0v) is 36.9. The molecular formula is C45H57ClN8O9. The van der Waals surface area contributed by atoms with Gasteiger partial charge in [0.2, 0.25) is 17.6 Å². The number of amides is 4. The normalized spacial score (nSPS) is 14.4. The fourth-order valence-corrected chi connectivity index (χ4v) is 6.84. The van der Waals surface area contributed by atoms with Gasteiger partial charge in [0, 0.05) is 59.6 Å². The summed E-state index contributed by atoms with van der Waals surface area (Å²) in [7, 11) is 1.62. The number of methoxy groups -OCH3 is 1. The van der Waals surface area contributed by atoms with Gasteiger partial charge in [0.1, 0.15) is 11.6 Å². The van der Waals surface area contributed by atoms with Gasteiger partial charge in [0.15, 0.2) is 0 Å². The molecule has 338 valence electrons. The number of nitrogens with zero attached hydrogens (tertiary/aromatic N) is 3. The quantitative estimate of drug-likeness (QED) is 0.0585. The minimum absolute atomic E-state index is 0.213. The number of ether oxygens (including phenoxy) is 5. The van der Waals surface area contributed by atoms with E-state index in [1.807, 2.05) is 24.3 Å². The average Bonchev–Trinajstić information content (AvgIpc) is 3.81. The van der Waals surface area contributed by atoms with Gasteiger partial charge in [-0.05, 0) is 99.2 Å². The SMILES string of the molecule is COCCOCCOCCOCCNC(=O)c1ccc(-c2ccc(C[C@H](NC(=O)C3CCC(=CNC(=O)OC(C)(C)C)CC3)C(=O)Nc3ccc(-c4nn[nH]n4)cc3)cc2)c(Cl)c1. The topological polar surface area (TPSA) is 217 Å². The Hall–Kier alpha value is -5.72. The standard InChI is InChI=1S/C45H57ClN8O9/c1-45(2,3)63-44(58)48-29-31-7-11-34(12-8-31)42(56)50-39(43(57)49-36-16-13-33(14-17-36)40-51-53-54-52-40)27-30-5-9-32(10-6-30)37-18-15-35(28-38(37)46)41(55)47-19-20-60-23-24-62-26-25-61-22-21-59-4/h5-6,9-10,13-18,28-29,34,39H,7-8,11-12,19-27H2,1-4H3,(H,47,55)(H,48,58)(H,49,57)(H,50,56)(H,51,52,53,54)/t34?,39-/m0/s1. The third-order valence-corrected chi connectivity index (χ3v) is 10.1. The van der Waals surface area contributed by atoms with Crippen LogP contribution in [0.1, 0.15) is 62.4 Å². The number of carbonyl (C=O) groups excluding carboxylic acids is 4. The minimum atomic E-state index is -0.900. The van der Waals surface area contributed by atoms with Crippen molar-refractivity contribution in [2.75, 3.05) is 65.2 Å². The number of tetrazole rings is 1. The average molecular weight is 889 g/mol. The summed E-state index contributed by atoms with van der Waals surface area (Å²) in [6.07, 6.45) is 3.70. The van der Waals surface area contributed by atoms with Crippen LogP contribution in [0, 0.1) is 5.92 Å². The maximum atomic E-state index is 13.9. The number of alkyl carbamates (subject to hydrolysis) is 1. The van der Waals surface area contributed by atoms with Crippen molar-refractivity contribution < 1.29 is 42.9 Å². The van der Waals surface area contributed by atoms with Gasteiger partial charge >= 0.3 is 6.09 Å². The molecule has 1 atom stereocenters. The van der Waals surface area contributed by atoms with Gasteiger partial charge in [-0.1, -0.05) is 47.5 Å². The highest BCUT2D eigenvalue weighted by Gasteiger charge is 2.29. The third kappa shape index (κ3) is 16.5. The van der Waals surface area contributed by atoms with Crippen LogP contribution in [-0.2, 0) is 39.7 Å². The Kier molecular flexibility index (Phi) is 19.0. The summed E-state index contributed by atoms with van der Waals surface area (Å²) in [5.41, 5.74) is 4.40. The van der Waals surface area contributed by atoms with Crippen LogP contribution in [0.4, 0.5) is 10.5 Å². The van der Waals surface area contributed by atoms with Crippen LogP contribution in [0.15, 0.2) is 78.5 Å². The van der Waals surface area contributed by atoms with E-state index in [2.05, 4.69) is 41.9 Å². The van der Waals surface area contributed by atoms with Gasteiger partial charge in [-0.15, -0.1) is 10.2 Å². The Balaban J connectivity index is 1.15. The third-order valence-electron chi connectivity index (χ3n) is 9.82. The molecule has 18 heteroatoms. The molecule has 1 aliphatic carbocycles. The van der Waals surface area contributed by atoms with Crippen LogP contribution in [-0.4, -0.2) is 116 Å². The Morgan fingerprint density at radius 1 is 0.857 bits per heavy atom. The Morgan fingerprint density at radius 3 is 2.13 bits per heavy atom. The van der Waals surface area contributed by atoms with Crippen molar-refractivity contribution in [2.24, 2.45) is 5.92 Å². The lowest BCUT2D eigenvalue weighted by molar-refractivity contribution is -0.129. The van der Waals surface area contributed by atoms with Crippen LogP contribution in [0.2, 0.25) is 5.02 Å². The van der Waals surface area contributed by atoms with E-state index in [1.54, 1.807) is 76.5 Å². The van der Waals surface area contributed by atoms with E-state index >= 15 is 0 Å². The minimum Gasteiger partial charge on any atom is -0.444 e. The lowest BCUT2D eigenvalue weighted by Crippen LogP contribution is -2.47. The number of aromatic nitrogens is 4. The Bertz CT molecular complexity index is 2100. The van der Waals surface area contributed by atoms with Gasteiger partial charge in [-0.25, -0.2) is 4.79 Å². The number of hydrogen-bond donors (Lipinski definition) is 5. The van der Waals surface area contributed by atoms with Crippen molar-refractivity contribution >= 4 is 41.1 Å². The Labute approximate surface area is 372 Å². The second-order valence-electron chi connectivity index (χ2n) is 15.8. The molecule has 0 saturated heterocycles. The van der Waals surface area contributed by atoms with E-state index < -0.39 is 17.7 Å². The molecule has 0 spiro atoms. The zero-order valence-electron chi connectivity index (χ0n) is 36.2. The first-order chi connectivity index (χ1) is 30.4. The summed E-state index contributed by atoms with van der Waals surface area (Å²) in [6.45, 7) is 8.87. The molecule has 0 radical (unpaired) electrons. The summed E-state index contributed by atoms with van der Waals surface area (Å²) < 4.78 is 26.6. The molecule has 5 rings (SSSR count). The van der Waals surface area contributed by atoms with Gasteiger partial charge in [0.25, 0.3) is 5.91 Å². The summed E-state index contributed by atoms with van der Waals surface area (Å²) >= 11 is 6.69. The van der Waals surface area contributed by atoms with Gasteiger partial charge in [-0.2, -0.15) is 5.21 Å². The molecule has 1 heterocycles. The lowest BCUT2D eigenvalue weighted by atomic mass is 9.85. The molecule has 1 fully saturated rings. The number of allylic oxidation sites excluding steroid dienone is 1. The molecule has 5 N–H and O–H groups in total. The number of hydrogen-bond acceptors (Lipinski definition) is 12. The van der Waals surface area contributed by atoms with Gasteiger partial charge in [0.05, 0.1) is 46.2 Å². The molecule has 0 bridgehead atoms. The van der Waals surface area contributed by atoms with Crippen LogP contribution in [0.25, 0.3) is 22.5 Å². The smallest absolute Gasteiger partial charge is 0.411 e. The number of nitrogens with one attached hydrogen (secondary N) is 5. The number of benzene rings is 3. The van der Waals surface area contributed by atoms with Crippen molar-refractivity contribution in [3.05, 3.63) is 94.7 Å². The highest BCUT2D eigenvalue weighted by atomic mass is 35.5. The molecule has 17 nitrogen and oxygen atoms in total. The first-order valence-corrected chi connectivity index (χ1v) is 21.3. The fourth-order valence-electron chi connectivity index (χ4n) is 6.55. The van der Waals surface area contributed by atoms with Crippen LogP contribution < -0.4 is 21.3 Å². The predicted octanol–water partition coefficient (Wildman–Crippen LogP) is 5.88. The second-order valence-corrected chi connectivity index (χ2v) is 16.2. The monoisotopic (exact) mass is 888 g/mol. The summed E-state index contributed by atoms with van der Waals surface area (Å²) in [5, 5.41) is 25.9. The summed E-state index contributed by atoms with van der Waals surface area (Å²) in [6, 6.07) is 18.8. The van der Waals surface area contributed by atoms with E-state index in [1.165, 1.54) is 0 Å². The molecule has 1 aliphatic rings. The van der Waals surface area contributed by atoms with Gasteiger partial charge < -0.3 is 39.6 Å². The van der Waals surface area contributed by atoms with E-state index in [4.69, 9.17) is 35.3 Å². The molecule has 0 unspecified atom stereocenters. The molecule has 1 aromatic heterocycles. The number of rotatable bonds is 22. The molecule has 4 amide bonds. The summed E-state index contributed by atoms with van der Waals surface area (Å²) in [4.78, 5) is 52.5. The van der Waals surface area contributed by atoms with Crippen molar-refractivity contribution in [1.29, 1.82) is 0 Å². The Morgan fingerprint density at radius 2 is 1.51 bits per heavy atom. The highest BCUT2D eigenvalue weighted by molar-refractivity contribution is 6.33. The number of halogens is 1. The fraction of sp³-hybridized carbons (Fsp3) is 0.444. The molecule has 63 heavy (non-hydrogen) atoms. The highest BCUT2D eigenvalue weighted by Crippen LogP contribution is 2.30. The number of H-pyrrole nitrogens is 1. The van der Waals surface area contributed by atoms with Crippen molar-refractivity contribution in [3.8, 4) is 22.5 Å². The van der Waals surface area contributed by atoms with E-state index in [9.17, 15) is 19.2 Å². The van der Waals surface area contributed by atoms with E-state index in [0.717, 1.165) is 22.3 Å². The molecule has 1 saturated carbocycles. The van der Waals surface area contributed by atoms with E-state index in [-0.39, 0.29) is 30.1 Å². The number of anilines is 1. The largest absolute Gasteiger partial charge is 0.444 e. The molecule has 4 aromatic rings. The molecule has 0 aliphatic heterocycles. The second kappa shape index (κ2) is 24.8. The molecular weight excluding hydrogens is 832 g/mol. The predicted molar refractivity (Wildman–Crippen MR) is 237 cm³/mol. The maximum Gasteiger partial charge on any atom is 0.411 e. The van der Waals surface area contributed by atoms with Gasteiger partial charge in [-0.3, -0.25) is 19.7 Å². The maximum absolute atomic E-state index is 13.9. The van der Waals surface area contributed by atoms with Crippen molar-refractivity contribution in [3.63, 3.8) is 0 Å². The number of carbonyl (C=O) groups is 4. The van der Waals surface area contributed by atoms with Crippen LogP contribution >= 0.6 is 11.6 Å². The number of aromatic amines is 1. The van der Waals surface area contributed by atoms with Crippen molar-refractivity contribution in [1.82, 2.24) is 36.6 Å². The summed E-state index contributed by atoms with van der Waals surface area (Å²) in [5.74, 6) is -0.776. The first-order valence-electron chi connectivity index (χ1n) is 20.9.